The first-order valence-electron chi connectivity index (χ1n) is 10.6. The van der Waals surface area contributed by atoms with Crippen molar-refractivity contribution in [1.82, 2.24) is 4.90 Å². The van der Waals surface area contributed by atoms with Gasteiger partial charge in [0.05, 0.1) is 6.04 Å². The Morgan fingerprint density at radius 1 is 1.09 bits per heavy atom. The highest BCUT2D eigenvalue weighted by Gasteiger charge is 2.31. The lowest BCUT2D eigenvalue weighted by molar-refractivity contribution is 0.0818. The molecule has 0 aromatic heterocycles. The van der Waals surface area contributed by atoms with Crippen molar-refractivity contribution in [1.29, 1.82) is 0 Å². The zero-order valence-electron chi connectivity index (χ0n) is 18.3. The van der Waals surface area contributed by atoms with Crippen molar-refractivity contribution in [2.45, 2.75) is 32.2 Å². The van der Waals surface area contributed by atoms with Gasteiger partial charge in [-0.15, -0.1) is 24.8 Å². The number of piperidine rings is 1. The number of oxime groups is 1. The molecule has 1 aliphatic heterocycles. The molecule has 0 amide bonds. The van der Waals surface area contributed by atoms with E-state index in [1.807, 2.05) is 30.3 Å². The van der Waals surface area contributed by atoms with Gasteiger partial charge in [-0.3, -0.25) is 9.69 Å². The van der Waals surface area contributed by atoms with E-state index in [1.165, 1.54) is 12.1 Å². The van der Waals surface area contributed by atoms with E-state index >= 15 is 0 Å². The lowest BCUT2D eigenvalue weighted by Crippen LogP contribution is -2.46. The molecule has 32 heavy (non-hydrogen) atoms. The molecule has 1 aliphatic rings. The molecule has 1 atom stereocenters. The van der Waals surface area contributed by atoms with Crippen LogP contribution in [0.15, 0.2) is 59.8 Å². The number of carbonyl (C=O) groups excluding carboxylic acids is 1. The molecular weight excluding hydrogens is 452 g/mol. The second kappa shape index (κ2) is 14.2. The Balaban J connectivity index is 0.00000256. The van der Waals surface area contributed by atoms with Crippen molar-refractivity contribution in [3.8, 4) is 0 Å². The van der Waals surface area contributed by atoms with Crippen LogP contribution in [0.5, 0.6) is 0 Å². The van der Waals surface area contributed by atoms with Gasteiger partial charge < -0.3 is 10.6 Å². The van der Waals surface area contributed by atoms with Crippen molar-refractivity contribution >= 4 is 36.3 Å². The molecule has 0 radical (unpaired) electrons. The van der Waals surface area contributed by atoms with E-state index in [9.17, 15) is 9.18 Å². The zero-order valence-corrected chi connectivity index (χ0v) is 19.9. The Bertz CT molecular complexity index is 842. The number of nitrogens with zero attached hydrogens (tertiary/aromatic N) is 2. The summed E-state index contributed by atoms with van der Waals surface area (Å²) in [7, 11) is 0. The molecule has 2 aromatic carbocycles. The van der Waals surface area contributed by atoms with Crippen molar-refractivity contribution in [2.75, 3.05) is 26.2 Å². The van der Waals surface area contributed by atoms with Crippen molar-refractivity contribution in [2.24, 2.45) is 16.8 Å². The van der Waals surface area contributed by atoms with Crippen LogP contribution in [0.1, 0.15) is 42.1 Å². The number of likely N-dealkylation sites (tertiary alicyclic amines) is 1. The minimum atomic E-state index is -0.322. The second-order valence-electron chi connectivity index (χ2n) is 7.57. The Morgan fingerprint density at radius 2 is 1.72 bits per heavy atom. The van der Waals surface area contributed by atoms with Gasteiger partial charge in [-0.2, -0.15) is 0 Å². The van der Waals surface area contributed by atoms with Gasteiger partial charge in [0.15, 0.2) is 5.78 Å². The zero-order chi connectivity index (χ0) is 21.3. The maximum Gasteiger partial charge on any atom is 0.166 e. The van der Waals surface area contributed by atoms with Crippen LogP contribution in [0.2, 0.25) is 0 Å². The van der Waals surface area contributed by atoms with E-state index in [0.717, 1.165) is 43.6 Å². The van der Waals surface area contributed by atoms with Gasteiger partial charge in [-0.25, -0.2) is 4.39 Å². The number of benzene rings is 2. The number of nitrogens with two attached hydrogens (primary N) is 1. The smallest absolute Gasteiger partial charge is 0.166 e. The average molecular weight is 484 g/mol. The van der Waals surface area contributed by atoms with E-state index < -0.39 is 0 Å². The molecule has 5 nitrogen and oxygen atoms in total. The topological polar surface area (TPSA) is 67.9 Å². The van der Waals surface area contributed by atoms with E-state index in [-0.39, 0.29) is 48.4 Å². The first kappa shape index (κ1) is 28.0. The molecule has 1 unspecified atom stereocenters. The molecular formula is C24H32Cl2FN3O2. The highest BCUT2D eigenvalue weighted by molar-refractivity contribution is 6.04. The average Bonchev–Trinajstić information content (AvgIpc) is 2.79. The third-order valence-electron chi connectivity index (χ3n) is 5.61. The van der Waals surface area contributed by atoms with Gasteiger partial charge in [0.2, 0.25) is 0 Å². The maximum absolute atomic E-state index is 13.2. The summed E-state index contributed by atoms with van der Waals surface area (Å²) in [6.45, 7) is 4.54. The van der Waals surface area contributed by atoms with Crippen LogP contribution >= 0.6 is 24.8 Å². The fourth-order valence-corrected chi connectivity index (χ4v) is 4.03. The number of hydrogen-bond donors (Lipinski definition) is 1. The molecule has 2 N–H and O–H groups in total. The molecule has 0 saturated carbocycles. The molecule has 1 fully saturated rings. The largest absolute Gasteiger partial charge is 0.394 e. The van der Waals surface area contributed by atoms with Crippen LogP contribution < -0.4 is 5.73 Å². The summed E-state index contributed by atoms with van der Waals surface area (Å²) in [6, 6.07) is 16.0. The first-order valence-corrected chi connectivity index (χ1v) is 10.6. The molecule has 2 aromatic rings. The standard InChI is InChI=1S/C24H30FN3O2.2ClH/c1-2-22(23(27-30-17-14-26)18-6-4-3-5-7-18)28-15-12-20(13-16-28)24(29)19-8-10-21(25)11-9-19;;/h3-11,20,22H,2,12-17,26H2,1H3;2*1H. The summed E-state index contributed by atoms with van der Waals surface area (Å²) in [6.07, 6.45) is 2.44. The Morgan fingerprint density at radius 3 is 2.28 bits per heavy atom. The highest BCUT2D eigenvalue weighted by atomic mass is 35.5. The summed E-state index contributed by atoms with van der Waals surface area (Å²) in [5, 5.41) is 4.43. The van der Waals surface area contributed by atoms with E-state index in [0.29, 0.717) is 18.7 Å². The van der Waals surface area contributed by atoms with Crippen molar-refractivity contribution in [3.63, 3.8) is 0 Å². The molecule has 8 heteroatoms. The summed E-state index contributed by atoms with van der Waals surface area (Å²) < 4.78 is 13.2. The lowest BCUT2D eigenvalue weighted by atomic mass is 9.87. The third-order valence-corrected chi connectivity index (χ3v) is 5.61. The van der Waals surface area contributed by atoms with E-state index in [4.69, 9.17) is 10.6 Å². The van der Waals surface area contributed by atoms with Crippen LogP contribution in [-0.4, -0.2) is 48.7 Å². The number of rotatable bonds is 9. The maximum atomic E-state index is 13.2. The molecule has 0 aliphatic carbocycles. The van der Waals surface area contributed by atoms with Crippen LogP contribution in [0.4, 0.5) is 4.39 Å². The minimum absolute atomic E-state index is 0. The summed E-state index contributed by atoms with van der Waals surface area (Å²) in [4.78, 5) is 20.6. The van der Waals surface area contributed by atoms with E-state index in [1.54, 1.807) is 12.1 Å². The minimum Gasteiger partial charge on any atom is -0.394 e. The fourth-order valence-electron chi connectivity index (χ4n) is 4.03. The molecule has 0 spiro atoms. The number of ketones is 1. The second-order valence-corrected chi connectivity index (χ2v) is 7.57. The van der Waals surface area contributed by atoms with Crippen molar-refractivity contribution in [3.05, 3.63) is 71.5 Å². The summed E-state index contributed by atoms with van der Waals surface area (Å²) in [5.74, 6) is -0.252. The van der Waals surface area contributed by atoms with Crippen LogP contribution in [0.25, 0.3) is 0 Å². The molecule has 176 valence electrons. The summed E-state index contributed by atoms with van der Waals surface area (Å²) >= 11 is 0. The van der Waals surface area contributed by atoms with Crippen LogP contribution in [0.3, 0.4) is 0 Å². The van der Waals surface area contributed by atoms with Gasteiger partial charge in [-0.1, -0.05) is 42.4 Å². The molecule has 3 rings (SSSR count). The monoisotopic (exact) mass is 483 g/mol. The van der Waals surface area contributed by atoms with Gasteiger partial charge in [0, 0.05) is 23.6 Å². The predicted octanol–water partition coefficient (Wildman–Crippen LogP) is 4.72. The quantitative estimate of drug-likeness (QED) is 0.242. The van der Waals surface area contributed by atoms with Crippen LogP contribution in [-0.2, 0) is 4.84 Å². The third kappa shape index (κ3) is 7.27. The Labute approximate surface area is 202 Å². The number of carbonyl (C=O) groups is 1. The fraction of sp³-hybridized carbons (Fsp3) is 0.417. The van der Waals surface area contributed by atoms with Crippen molar-refractivity contribution < 1.29 is 14.0 Å². The van der Waals surface area contributed by atoms with Crippen LogP contribution in [0, 0.1) is 11.7 Å². The highest BCUT2D eigenvalue weighted by Crippen LogP contribution is 2.25. The van der Waals surface area contributed by atoms with Gasteiger partial charge >= 0.3 is 0 Å². The normalized spacial score (nSPS) is 15.9. The van der Waals surface area contributed by atoms with Gasteiger partial charge in [-0.05, 0) is 56.6 Å². The number of halogens is 3. The Hall–Kier alpha value is -1.99. The van der Waals surface area contributed by atoms with Gasteiger partial charge in [0.25, 0.3) is 0 Å². The Kier molecular flexibility index (Phi) is 12.5. The number of Topliss-reactive ketones (excluding diaryl/α,β-unsaturated/α-hetero) is 1. The number of hydrogen-bond acceptors (Lipinski definition) is 5. The summed E-state index contributed by atoms with van der Waals surface area (Å²) in [5.41, 5.74) is 8.07. The molecule has 1 heterocycles. The lowest BCUT2D eigenvalue weighted by Gasteiger charge is -2.37. The molecule has 1 saturated heterocycles. The molecule has 0 bridgehead atoms. The first-order chi connectivity index (χ1) is 14.6. The SMILES string of the molecule is CCC(C(=NOCCN)c1ccccc1)N1CCC(C(=O)c2ccc(F)cc2)CC1.Cl.Cl. The van der Waals surface area contributed by atoms with Gasteiger partial charge in [0.1, 0.15) is 18.1 Å². The van der Waals surface area contributed by atoms with E-state index in [2.05, 4.69) is 17.0 Å². The predicted molar refractivity (Wildman–Crippen MR) is 132 cm³/mol.